The van der Waals surface area contributed by atoms with E-state index in [1.807, 2.05) is 31.2 Å². The summed E-state index contributed by atoms with van der Waals surface area (Å²) < 4.78 is 36.4. The second-order valence-electron chi connectivity index (χ2n) is 6.67. The van der Waals surface area contributed by atoms with Gasteiger partial charge in [0.25, 0.3) is 0 Å². The number of nitrogens with zero attached hydrogens (tertiary/aromatic N) is 1. The largest absolute Gasteiger partial charge is 0.497 e. The van der Waals surface area contributed by atoms with Gasteiger partial charge in [0, 0.05) is 25.2 Å². The molecule has 0 aromatic heterocycles. The topological polar surface area (TPSA) is 101 Å². The van der Waals surface area contributed by atoms with E-state index in [0.29, 0.717) is 19.0 Å². The van der Waals surface area contributed by atoms with E-state index in [9.17, 15) is 8.42 Å². The summed E-state index contributed by atoms with van der Waals surface area (Å²) in [4.78, 5) is 4.14. The molecule has 0 spiro atoms. The standard InChI is InChI=1S/C17H30N4O4S.HI/c1-13(25-15-9-7-8-14(10-15)24-5)11-19-16(18-4)20-12-17(2,3)21-26(6,22)23;/h7-10,13,21H,11-12H2,1-6H3,(H2,18,19,20);1H. The van der Waals surface area contributed by atoms with Gasteiger partial charge >= 0.3 is 0 Å². The van der Waals surface area contributed by atoms with Crippen molar-refractivity contribution in [1.82, 2.24) is 15.4 Å². The first-order chi connectivity index (χ1) is 12.0. The third-order valence-electron chi connectivity index (χ3n) is 3.32. The zero-order valence-corrected chi connectivity index (χ0v) is 19.8. The molecule has 27 heavy (non-hydrogen) atoms. The molecular weight excluding hydrogens is 483 g/mol. The maximum atomic E-state index is 11.4. The van der Waals surface area contributed by atoms with E-state index in [2.05, 4.69) is 20.3 Å². The van der Waals surface area contributed by atoms with Gasteiger partial charge < -0.3 is 20.1 Å². The molecule has 0 aliphatic carbocycles. The Kier molecular flexibility index (Phi) is 11.0. The number of ether oxygens (including phenoxy) is 2. The van der Waals surface area contributed by atoms with E-state index < -0.39 is 15.6 Å². The summed E-state index contributed by atoms with van der Waals surface area (Å²) in [6.07, 6.45) is 1.03. The molecule has 0 radical (unpaired) electrons. The fraction of sp³-hybridized carbons (Fsp3) is 0.588. The van der Waals surface area contributed by atoms with E-state index in [0.717, 1.165) is 17.8 Å². The number of aliphatic imine (C=N–C) groups is 1. The first-order valence-corrected chi connectivity index (χ1v) is 10.2. The Morgan fingerprint density at radius 3 is 2.44 bits per heavy atom. The average molecular weight is 514 g/mol. The molecule has 10 heteroatoms. The van der Waals surface area contributed by atoms with Gasteiger partial charge in [-0.25, -0.2) is 13.1 Å². The number of hydrogen-bond donors (Lipinski definition) is 3. The summed E-state index contributed by atoms with van der Waals surface area (Å²) in [6, 6.07) is 7.41. The van der Waals surface area contributed by atoms with Crippen LogP contribution in [-0.2, 0) is 10.0 Å². The summed E-state index contributed by atoms with van der Waals surface area (Å²) in [5.74, 6) is 2.02. The molecule has 1 rings (SSSR count). The maximum absolute atomic E-state index is 11.4. The zero-order valence-electron chi connectivity index (χ0n) is 16.7. The Bertz CT molecular complexity index is 711. The minimum absolute atomic E-state index is 0. The maximum Gasteiger partial charge on any atom is 0.209 e. The van der Waals surface area contributed by atoms with Gasteiger partial charge in [-0.15, -0.1) is 24.0 Å². The third-order valence-corrected chi connectivity index (χ3v) is 4.24. The van der Waals surface area contributed by atoms with Crippen molar-refractivity contribution in [1.29, 1.82) is 0 Å². The molecule has 8 nitrogen and oxygen atoms in total. The summed E-state index contributed by atoms with van der Waals surface area (Å²) in [5.41, 5.74) is -0.645. The lowest BCUT2D eigenvalue weighted by molar-refractivity contribution is 0.223. The highest BCUT2D eigenvalue weighted by molar-refractivity contribution is 14.0. The number of rotatable bonds is 9. The van der Waals surface area contributed by atoms with E-state index in [1.165, 1.54) is 0 Å². The molecule has 3 N–H and O–H groups in total. The van der Waals surface area contributed by atoms with E-state index in [-0.39, 0.29) is 30.1 Å². The summed E-state index contributed by atoms with van der Waals surface area (Å²) >= 11 is 0. The van der Waals surface area contributed by atoms with Crippen molar-refractivity contribution in [2.45, 2.75) is 32.4 Å². The second kappa shape index (κ2) is 11.5. The summed E-state index contributed by atoms with van der Waals surface area (Å²) in [5, 5.41) is 6.27. The van der Waals surface area contributed by atoms with Gasteiger partial charge in [0.15, 0.2) is 5.96 Å². The van der Waals surface area contributed by atoms with Crippen LogP contribution >= 0.6 is 24.0 Å². The first kappa shape index (κ1) is 25.7. The van der Waals surface area contributed by atoms with Gasteiger partial charge in [0.05, 0.1) is 19.9 Å². The van der Waals surface area contributed by atoms with Gasteiger partial charge in [-0.2, -0.15) is 0 Å². The molecule has 0 aliphatic rings. The van der Waals surface area contributed by atoms with Crippen molar-refractivity contribution >= 4 is 40.0 Å². The fourth-order valence-electron chi connectivity index (χ4n) is 2.25. The highest BCUT2D eigenvalue weighted by atomic mass is 127. The van der Waals surface area contributed by atoms with Gasteiger partial charge in [-0.1, -0.05) is 6.07 Å². The van der Waals surface area contributed by atoms with Crippen LogP contribution in [0, 0.1) is 0 Å². The summed E-state index contributed by atoms with van der Waals surface area (Å²) in [7, 11) is -0.0194. The van der Waals surface area contributed by atoms with Crippen LogP contribution in [0.25, 0.3) is 0 Å². The van der Waals surface area contributed by atoms with Crippen molar-refractivity contribution < 1.29 is 17.9 Å². The number of sulfonamides is 1. The smallest absolute Gasteiger partial charge is 0.209 e. The van der Waals surface area contributed by atoms with Crippen LogP contribution < -0.4 is 24.8 Å². The molecule has 1 unspecified atom stereocenters. The van der Waals surface area contributed by atoms with E-state index >= 15 is 0 Å². The van der Waals surface area contributed by atoms with Crippen LogP contribution in [0.2, 0.25) is 0 Å². The lowest BCUT2D eigenvalue weighted by Gasteiger charge is -2.26. The van der Waals surface area contributed by atoms with E-state index in [4.69, 9.17) is 9.47 Å². The lowest BCUT2D eigenvalue weighted by Crippen LogP contribution is -2.53. The van der Waals surface area contributed by atoms with Crippen molar-refractivity contribution in [3.05, 3.63) is 24.3 Å². The molecule has 0 heterocycles. The predicted octanol–water partition coefficient (Wildman–Crippen LogP) is 1.57. The number of methoxy groups -OCH3 is 1. The molecule has 0 saturated carbocycles. The van der Waals surface area contributed by atoms with Crippen LogP contribution in [0.5, 0.6) is 11.5 Å². The van der Waals surface area contributed by atoms with Gasteiger partial charge in [-0.3, -0.25) is 4.99 Å². The van der Waals surface area contributed by atoms with Gasteiger partial charge in [0.2, 0.25) is 10.0 Å². The Labute approximate surface area is 179 Å². The molecule has 0 fully saturated rings. The Balaban J connectivity index is 0.00000676. The molecule has 0 saturated heterocycles. The highest BCUT2D eigenvalue weighted by Crippen LogP contribution is 2.19. The number of hydrogen-bond acceptors (Lipinski definition) is 5. The molecule has 0 amide bonds. The molecule has 1 atom stereocenters. The van der Waals surface area contributed by atoms with Crippen molar-refractivity contribution in [2.75, 3.05) is 33.5 Å². The molecule has 0 aliphatic heterocycles. The zero-order chi connectivity index (χ0) is 19.8. The average Bonchev–Trinajstić information content (AvgIpc) is 2.53. The minimum atomic E-state index is -3.28. The fourth-order valence-corrected chi connectivity index (χ4v) is 3.33. The molecule has 0 bridgehead atoms. The van der Waals surface area contributed by atoms with E-state index in [1.54, 1.807) is 28.0 Å². The quantitative estimate of drug-likeness (QED) is 0.263. The Morgan fingerprint density at radius 1 is 1.26 bits per heavy atom. The number of nitrogens with one attached hydrogen (secondary N) is 3. The number of benzene rings is 1. The number of guanidine groups is 1. The van der Waals surface area contributed by atoms with Gasteiger partial charge in [0.1, 0.15) is 17.6 Å². The Hall–Kier alpha value is -1.27. The van der Waals surface area contributed by atoms with Crippen LogP contribution in [0.1, 0.15) is 20.8 Å². The Morgan fingerprint density at radius 2 is 1.89 bits per heavy atom. The SMILES string of the molecule is CN=C(NCC(C)Oc1cccc(OC)c1)NCC(C)(C)NS(C)(=O)=O.I. The van der Waals surface area contributed by atoms with Crippen LogP contribution in [0.4, 0.5) is 0 Å². The van der Waals surface area contributed by atoms with Crippen LogP contribution in [0.3, 0.4) is 0 Å². The second-order valence-corrected chi connectivity index (χ2v) is 8.42. The van der Waals surface area contributed by atoms with Crippen LogP contribution in [0.15, 0.2) is 29.3 Å². The van der Waals surface area contributed by atoms with Crippen molar-refractivity contribution in [2.24, 2.45) is 4.99 Å². The van der Waals surface area contributed by atoms with Gasteiger partial charge in [-0.05, 0) is 32.9 Å². The predicted molar refractivity (Wildman–Crippen MR) is 120 cm³/mol. The minimum Gasteiger partial charge on any atom is -0.497 e. The van der Waals surface area contributed by atoms with Crippen LogP contribution in [-0.4, -0.2) is 59.5 Å². The first-order valence-electron chi connectivity index (χ1n) is 8.29. The third kappa shape index (κ3) is 11.2. The normalized spacial score (nSPS) is 13.3. The summed E-state index contributed by atoms with van der Waals surface area (Å²) in [6.45, 7) is 6.43. The highest BCUT2D eigenvalue weighted by Gasteiger charge is 2.22. The van der Waals surface area contributed by atoms with Crippen molar-refractivity contribution in [3.63, 3.8) is 0 Å². The number of halogens is 1. The van der Waals surface area contributed by atoms with Crippen molar-refractivity contribution in [3.8, 4) is 11.5 Å². The molecule has 1 aromatic carbocycles. The monoisotopic (exact) mass is 514 g/mol. The molecule has 1 aromatic rings. The molecular formula is C17H31IN4O4S. The lowest BCUT2D eigenvalue weighted by atomic mass is 10.1. The molecule has 156 valence electrons.